The Kier molecular flexibility index (Phi) is 2.27. The van der Waals surface area contributed by atoms with Gasteiger partial charge in [0.15, 0.2) is 5.88 Å². The lowest BCUT2D eigenvalue weighted by Crippen LogP contribution is -2.09. The van der Waals surface area contributed by atoms with Crippen molar-refractivity contribution in [3.63, 3.8) is 0 Å². The largest absolute Gasteiger partial charge is 0.450 e. The van der Waals surface area contributed by atoms with Gasteiger partial charge in [-0.15, -0.1) is 0 Å². The highest BCUT2D eigenvalue weighted by Crippen LogP contribution is 2.29. The molecule has 1 atom stereocenters. The third-order valence-electron chi connectivity index (χ3n) is 2.36. The monoisotopic (exact) mass is 187 g/mol. The molecule has 2 N–H and O–H groups in total. The number of hydrogen-bond donors (Lipinski definition) is 1. The Hall–Kier alpha value is -1.70. The van der Waals surface area contributed by atoms with Gasteiger partial charge in [0.25, 0.3) is 0 Å². The van der Waals surface area contributed by atoms with Crippen LogP contribution in [0.5, 0.6) is 0 Å². The first-order valence-corrected chi connectivity index (χ1v) is 4.63. The first kappa shape index (κ1) is 8.88. The van der Waals surface area contributed by atoms with Crippen molar-refractivity contribution in [1.82, 2.24) is 0 Å². The van der Waals surface area contributed by atoms with Gasteiger partial charge in [-0.05, 0) is 24.1 Å². The highest BCUT2D eigenvalue weighted by Gasteiger charge is 2.15. The van der Waals surface area contributed by atoms with Crippen molar-refractivity contribution in [2.24, 2.45) is 5.73 Å². The molecule has 0 spiro atoms. The Morgan fingerprint density at radius 3 is 2.64 bits per heavy atom. The van der Waals surface area contributed by atoms with Gasteiger partial charge in [-0.25, -0.2) is 0 Å². The molecule has 1 heterocycles. The SMILES string of the molecule is CC1=COC(N)=CC1c1ccccc1. The molecule has 1 unspecified atom stereocenters. The number of benzene rings is 1. The first-order chi connectivity index (χ1) is 6.77. The summed E-state index contributed by atoms with van der Waals surface area (Å²) in [5.74, 6) is 0.731. The fourth-order valence-corrected chi connectivity index (χ4v) is 1.59. The maximum atomic E-state index is 5.62. The molecule has 2 heteroatoms. The van der Waals surface area contributed by atoms with Crippen molar-refractivity contribution in [3.05, 3.63) is 59.7 Å². The Morgan fingerprint density at radius 1 is 1.21 bits per heavy atom. The van der Waals surface area contributed by atoms with E-state index in [1.807, 2.05) is 31.2 Å². The number of ether oxygens (including phenoxy) is 1. The van der Waals surface area contributed by atoms with E-state index < -0.39 is 0 Å². The molecule has 0 saturated carbocycles. The molecule has 2 nitrogen and oxygen atoms in total. The zero-order chi connectivity index (χ0) is 9.97. The first-order valence-electron chi connectivity index (χ1n) is 4.63. The lowest BCUT2D eigenvalue weighted by atomic mass is 9.92. The second kappa shape index (κ2) is 3.58. The van der Waals surface area contributed by atoms with Crippen LogP contribution in [-0.4, -0.2) is 0 Å². The highest BCUT2D eigenvalue weighted by molar-refractivity contribution is 5.34. The Bertz CT molecular complexity index is 379. The summed E-state index contributed by atoms with van der Waals surface area (Å²) in [5, 5.41) is 0. The normalized spacial score (nSPS) is 20.8. The summed E-state index contributed by atoms with van der Waals surface area (Å²) < 4.78 is 5.12. The van der Waals surface area contributed by atoms with E-state index in [0.717, 1.165) is 0 Å². The maximum absolute atomic E-state index is 5.62. The van der Waals surface area contributed by atoms with E-state index in [2.05, 4.69) is 12.1 Å². The number of rotatable bonds is 1. The van der Waals surface area contributed by atoms with Gasteiger partial charge in [0.2, 0.25) is 0 Å². The van der Waals surface area contributed by atoms with Gasteiger partial charge in [-0.2, -0.15) is 0 Å². The van der Waals surface area contributed by atoms with E-state index in [-0.39, 0.29) is 5.92 Å². The summed E-state index contributed by atoms with van der Waals surface area (Å²) in [5.41, 5.74) is 8.03. The molecule has 1 aromatic rings. The van der Waals surface area contributed by atoms with Gasteiger partial charge < -0.3 is 10.5 Å². The summed E-state index contributed by atoms with van der Waals surface area (Å²) in [6.45, 7) is 2.04. The molecular weight excluding hydrogens is 174 g/mol. The molecule has 1 aliphatic rings. The average Bonchev–Trinajstić information content (AvgIpc) is 2.23. The minimum Gasteiger partial charge on any atom is -0.450 e. The zero-order valence-electron chi connectivity index (χ0n) is 8.10. The molecule has 0 bridgehead atoms. The van der Waals surface area contributed by atoms with Gasteiger partial charge in [0.1, 0.15) is 0 Å². The van der Waals surface area contributed by atoms with Crippen molar-refractivity contribution in [1.29, 1.82) is 0 Å². The predicted octanol–water partition coefficient (Wildman–Crippen LogP) is 2.50. The van der Waals surface area contributed by atoms with Gasteiger partial charge in [0, 0.05) is 5.92 Å². The van der Waals surface area contributed by atoms with Crippen LogP contribution < -0.4 is 5.73 Å². The molecule has 0 amide bonds. The standard InChI is InChI=1S/C12H13NO/c1-9-8-14-12(13)7-11(9)10-5-3-2-4-6-10/h2-8,11H,13H2,1H3. The van der Waals surface area contributed by atoms with Crippen LogP contribution in [0.15, 0.2) is 54.1 Å². The number of nitrogens with two attached hydrogens (primary N) is 1. The average molecular weight is 187 g/mol. The third kappa shape index (κ3) is 1.64. The molecule has 0 aliphatic carbocycles. The van der Waals surface area contributed by atoms with Gasteiger partial charge in [-0.1, -0.05) is 30.3 Å². The van der Waals surface area contributed by atoms with Crippen LogP contribution in [0.3, 0.4) is 0 Å². The summed E-state index contributed by atoms with van der Waals surface area (Å²) in [6.07, 6.45) is 3.65. The fraction of sp³-hybridized carbons (Fsp3) is 0.167. The second-order valence-corrected chi connectivity index (χ2v) is 3.44. The minimum absolute atomic E-state index is 0.255. The van der Waals surface area contributed by atoms with Crippen LogP contribution in [0.2, 0.25) is 0 Å². The van der Waals surface area contributed by atoms with Gasteiger partial charge in [-0.3, -0.25) is 0 Å². The van der Waals surface area contributed by atoms with Crippen molar-refractivity contribution in [2.45, 2.75) is 12.8 Å². The van der Waals surface area contributed by atoms with Crippen molar-refractivity contribution >= 4 is 0 Å². The lowest BCUT2D eigenvalue weighted by molar-refractivity contribution is 0.328. The molecule has 14 heavy (non-hydrogen) atoms. The van der Waals surface area contributed by atoms with Gasteiger partial charge >= 0.3 is 0 Å². The van der Waals surface area contributed by atoms with Gasteiger partial charge in [0.05, 0.1) is 6.26 Å². The van der Waals surface area contributed by atoms with E-state index in [9.17, 15) is 0 Å². The number of allylic oxidation sites excluding steroid dienone is 2. The fourth-order valence-electron chi connectivity index (χ4n) is 1.59. The summed E-state index contributed by atoms with van der Waals surface area (Å²) in [4.78, 5) is 0. The Labute approximate surface area is 83.7 Å². The predicted molar refractivity (Wildman–Crippen MR) is 56.3 cm³/mol. The van der Waals surface area contributed by atoms with Crippen LogP contribution in [-0.2, 0) is 4.74 Å². The maximum Gasteiger partial charge on any atom is 0.186 e. The van der Waals surface area contributed by atoms with E-state index in [4.69, 9.17) is 10.5 Å². The Balaban J connectivity index is 2.34. The molecule has 2 rings (SSSR count). The minimum atomic E-state index is 0.255. The van der Waals surface area contributed by atoms with Crippen LogP contribution in [0, 0.1) is 0 Å². The summed E-state index contributed by atoms with van der Waals surface area (Å²) >= 11 is 0. The smallest absolute Gasteiger partial charge is 0.186 e. The van der Waals surface area contributed by atoms with Crippen molar-refractivity contribution in [2.75, 3.05) is 0 Å². The molecule has 1 aliphatic heterocycles. The topological polar surface area (TPSA) is 35.2 Å². The zero-order valence-corrected chi connectivity index (χ0v) is 8.10. The van der Waals surface area contributed by atoms with Crippen molar-refractivity contribution < 1.29 is 4.74 Å². The molecule has 0 radical (unpaired) electrons. The van der Waals surface area contributed by atoms with E-state index in [1.54, 1.807) is 6.26 Å². The van der Waals surface area contributed by atoms with Crippen LogP contribution in [0.1, 0.15) is 18.4 Å². The van der Waals surface area contributed by atoms with Crippen LogP contribution >= 0.6 is 0 Å². The van der Waals surface area contributed by atoms with Crippen LogP contribution in [0.25, 0.3) is 0 Å². The summed E-state index contributed by atoms with van der Waals surface area (Å²) in [6, 6.07) is 10.3. The molecule has 1 aromatic carbocycles. The van der Waals surface area contributed by atoms with Crippen LogP contribution in [0.4, 0.5) is 0 Å². The lowest BCUT2D eigenvalue weighted by Gasteiger charge is -2.19. The molecule has 0 aromatic heterocycles. The molecular formula is C12H13NO. The van der Waals surface area contributed by atoms with Crippen molar-refractivity contribution in [3.8, 4) is 0 Å². The number of hydrogen-bond acceptors (Lipinski definition) is 2. The second-order valence-electron chi connectivity index (χ2n) is 3.44. The quantitative estimate of drug-likeness (QED) is 0.733. The molecule has 0 fully saturated rings. The Morgan fingerprint density at radius 2 is 1.93 bits per heavy atom. The molecule has 0 saturated heterocycles. The molecule has 72 valence electrons. The van der Waals surface area contributed by atoms with E-state index in [1.165, 1.54) is 11.1 Å². The summed E-state index contributed by atoms with van der Waals surface area (Å²) in [7, 11) is 0. The van der Waals surface area contributed by atoms with E-state index >= 15 is 0 Å². The van der Waals surface area contributed by atoms with E-state index in [0.29, 0.717) is 5.88 Å². The third-order valence-corrected chi connectivity index (χ3v) is 2.36. The highest BCUT2D eigenvalue weighted by atomic mass is 16.5.